The fourth-order valence-electron chi connectivity index (χ4n) is 3.18. The summed E-state index contributed by atoms with van der Waals surface area (Å²) in [5.74, 6) is -0.0574. The quantitative estimate of drug-likeness (QED) is 0.615. The Hall–Kier alpha value is -3.06. The first-order chi connectivity index (χ1) is 14.0. The third-order valence-electron chi connectivity index (χ3n) is 4.71. The van der Waals surface area contributed by atoms with Gasteiger partial charge in [0.15, 0.2) is 5.75 Å². The average molecular weight is 427 g/mol. The van der Waals surface area contributed by atoms with Crippen molar-refractivity contribution in [2.45, 2.75) is 26.2 Å². The standard InChI is InChI=1S/C23H26N2O4S/c1-23(2,3)18-13-19(21(29-4)20(14-18)25-30(5,27)28)24-22(26)17-11-10-15-8-6-7-9-16(15)12-17/h6-14,25H,1-5H3,(H,24,26). The third-order valence-corrected chi connectivity index (χ3v) is 5.30. The molecule has 7 heteroatoms. The number of carbonyl (C=O) groups excluding carboxylic acids is 1. The summed E-state index contributed by atoms with van der Waals surface area (Å²) in [5.41, 5.74) is 1.75. The van der Waals surface area contributed by atoms with Gasteiger partial charge in [-0.15, -0.1) is 0 Å². The van der Waals surface area contributed by atoms with Crippen molar-refractivity contribution in [1.29, 1.82) is 0 Å². The molecule has 0 unspecified atom stereocenters. The second-order valence-electron chi connectivity index (χ2n) is 8.24. The first-order valence-corrected chi connectivity index (χ1v) is 11.4. The summed E-state index contributed by atoms with van der Waals surface area (Å²) in [4.78, 5) is 13.0. The Kier molecular flexibility index (Phi) is 5.76. The predicted molar refractivity (Wildman–Crippen MR) is 122 cm³/mol. The molecule has 0 atom stereocenters. The van der Waals surface area contributed by atoms with E-state index in [0.717, 1.165) is 22.6 Å². The van der Waals surface area contributed by atoms with Gasteiger partial charge in [0.05, 0.1) is 24.7 Å². The van der Waals surface area contributed by atoms with Crippen LogP contribution in [-0.2, 0) is 15.4 Å². The number of sulfonamides is 1. The maximum atomic E-state index is 13.0. The van der Waals surface area contributed by atoms with Gasteiger partial charge in [0.2, 0.25) is 10.0 Å². The molecule has 30 heavy (non-hydrogen) atoms. The Morgan fingerprint density at radius 1 is 0.933 bits per heavy atom. The number of hydrogen-bond donors (Lipinski definition) is 2. The summed E-state index contributed by atoms with van der Waals surface area (Å²) in [6.07, 6.45) is 1.07. The molecule has 0 fully saturated rings. The number of ether oxygens (including phenoxy) is 1. The van der Waals surface area contributed by atoms with Crippen LogP contribution in [0.15, 0.2) is 54.6 Å². The molecule has 0 aliphatic carbocycles. The van der Waals surface area contributed by atoms with Crippen molar-refractivity contribution in [2.24, 2.45) is 0 Å². The Morgan fingerprint density at radius 2 is 1.57 bits per heavy atom. The lowest BCUT2D eigenvalue weighted by Crippen LogP contribution is -2.18. The summed E-state index contributed by atoms with van der Waals surface area (Å²) >= 11 is 0. The number of benzene rings is 3. The van der Waals surface area contributed by atoms with Crippen LogP contribution >= 0.6 is 0 Å². The van der Waals surface area contributed by atoms with Gasteiger partial charge < -0.3 is 10.1 Å². The molecule has 0 aliphatic rings. The normalized spacial score (nSPS) is 11.9. The molecule has 0 spiro atoms. The molecule has 158 valence electrons. The van der Waals surface area contributed by atoms with E-state index in [0.29, 0.717) is 11.3 Å². The van der Waals surface area contributed by atoms with E-state index in [9.17, 15) is 13.2 Å². The molecule has 0 saturated heterocycles. The zero-order valence-electron chi connectivity index (χ0n) is 17.7. The zero-order chi connectivity index (χ0) is 22.1. The Balaban J connectivity index is 2.06. The number of amides is 1. The van der Waals surface area contributed by atoms with Gasteiger partial charge in [0.1, 0.15) is 0 Å². The largest absolute Gasteiger partial charge is 0.492 e. The Morgan fingerprint density at radius 3 is 2.17 bits per heavy atom. The van der Waals surface area contributed by atoms with Crippen LogP contribution in [-0.4, -0.2) is 27.7 Å². The monoisotopic (exact) mass is 426 g/mol. The lowest BCUT2D eigenvalue weighted by molar-refractivity contribution is 0.102. The van der Waals surface area contributed by atoms with E-state index in [2.05, 4.69) is 10.0 Å². The van der Waals surface area contributed by atoms with E-state index in [1.807, 2.05) is 63.2 Å². The van der Waals surface area contributed by atoms with Gasteiger partial charge in [-0.2, -0.15) is 0 Å². The van der Waals surface area contributed by atoms with E-state index in [1.165, 1.54) is 7.11 Å². The summed E-state index contributed by atoms with van der Waals surface area (Å²) < 4.78 is 31.7. The molecule has 3 aromatic carbocycles. The SMILES string of the molecule is COc1c(NC(=O)c2ccc3ccccc3c2)cc(C(C)(C)C)cc1NS(C)(=O)=O. The lowest BCUT2D eigenvalue weighted by Gasteiger charge is -2.24. The molecule has 0 radical (unpaired) electrons. The van der Waals surface area contributed by atoms with Gasteiger partial charge >= 0.3 is 0 Å². The van der Waals surface area contributed by atoms with Crippen LogP contribution in [0.3, 0.4) is 0 Å². The molecule has 0 saturated carbocycles. The second-order valence-corrected chi connectivity index (χ2v) is 9.99. The number of carbonyl (C=O) groups is 1. The molecule has 0 aromatic heterocycles. The van der Waals surface area contributed by atoms with Crippen LogP contribution in [0.2, 0.25) is 0 Å². The van der Waals surface area contributed by atoms with E-state index in [1.54, 1.807) is 12.1 Å². The fourth-order valence-corrected chi connectivity index (χ4v) is 3.73. The molecule has 6 nitrogen and oxygen atoms in total. The number of methoxy groups -OCH3 is 1. The number of nitrogens with one attached hydrogen (secondary N) is 2. The maximum absolute atomic E-state index is 13.0. The summed E-state index contributed by atoms with van der Waals surface area (Å²) in [5, 5.41) is 4.88. The highest BCUT2D eigenvalue weighted by Gasteiger charge is 2.22. The molecular weight excluding hydrogens is 400 g/mol. The number of hydrogen-bond acceptors (Lipinski definition) is 4. The summed E-state index contributed by atoms with van der Waals surface area (Å²) in [6, 6.07) is 16.8. The van der Waals surface area contributed by atoms with E-state index in [-0.39, 0.29) is 22.8 Å². The smallest absolute Gasteiger partial charge is 0.255 e. The van der Waals surface area contributed by atoms with Crippen molar-refractivity contribution in [2.75, 3.05) is 23.4 Å². The van der Waals surface area contributed by atoms with Crippen LogP contribution in [0.4, 0.5) is 11.4 Å². The van der Waals surface area contributed by atoms with Gasteiger partial charge in [-0.3, -0.25) is 9.52 Å². The first-order valence-electron chi connectivity index (χ1n) is 9.48. The summed E-state index contributed by atoms with van der Waals surface area (Å²) in [6.45, 7) is 6.02. The van der Waals surface area contributed by atoms with Gasteiger partial charge in [-0.25, -0.2) is 8.42 Å². The molecule has 2 N–H and O–H groups in total. The number of anilines is 2. The van der Waals surface area contributed by atoms with Crippen LogP contribution in [0.25, 0.3) is 10.8 Å². The number of rotatable bonds is 5. The zero-order valence-corrected chi connectivity index (χ0v) is 18.6. The predicted octanol–water partition coefficient (Wildman–Crippen LogP) is 4.77. The highest BCUT2D eigenvalue weighted by Crippen LogP contribution is 2.39. The summed E-state index contributed by atoms with van der Waals surface area (Å²) in [7, 11) is -2.10. The average Bonchev–Trinajstić information content (AvgIpc) is 2.65. The minimum Gasteiger partial charge on any atom is -0.492 e. The van der Waals surface area contributed by atoms with E-state index >= 15 is 0 Å². The van der Waals surface area contributed by atoms with Crippen LogP contribution in [0.1, 0.15) is 36.7 Å². The van der Waals surface area contributed by atoms with Crippen LogP contribution in [0, 0.1) is 0 Å². The minimum atomic E-state index is -3.54. The molecule has 0 aliphatic heterocycles. The maximum Gasteiger partial charge on any atom is 0.255 e. The first kappa shape index (κ1) is 21.6. The van der Waals surface area contributed by atoms with Crippen molar-refractivity contribution in [1.82, 2.24) is 0 Å². The topological polar surface area (TPSA) is 84.5 Å². The van der Waals surface area contributed by atoms with Crippen molar-refractivity contribution >= 4 is 38.1 Å². The van der Waals surface area contributed by atoms with Gasteiger partial charge in [-0.05, 0) is 46.0 Å². The minimum absolute atomic E-state index is 0.252. The van der Waals surface area contributed by atoms with E-state index < -0.39 is 10.0 Å². The Labute approximate surface area is 177 Å². The third kappa shape index (κ3) is 4.91. The van der Waals surface area contributed by atoms with Crippen LogP contribution < -0.4 is 14.8 Å². The van der Waals surface area contributed by atoms with Crippen molar-refractivity contribution in [3.63, 3.8) is 0 Å². The lowest BCUT2D eigenvalue weighted by atomic mass is 9.86. The van der Waals surface area contributed by atoms with Gasteiger partial charge in [0.25, 0.3) is 5.91 Å². The second kappa shape index (κ2) is 7.99. The van der Waals surface area contributed by atoms with Gasteiger partial charge in [0, 0.05) is 5.56 Å². The Bertz CT molecular complexity index is 1210. The molecule has 3 rings (SSSR count). The van der Waals surface area contributed by atoms with Gasteiger partial charge in [-0.1, -0.05) is 51.1 Å². The van der Waals surface area contributed by atoms with E-state index in [4.69, 9.17) is 4.74 Å². The highest BCUT2D eigenvalue weighted by atomic mass is 32.2. The molecule has 1 amide bonds. The molecule has 0 bridgehead atoms. The molecule has 0 heterocycles. The molecule has 3 aromatic rings. The van der Waals surface area contributed by atoms with Crippen LogP contribution in [0.5, 0.6) is 5.75 Å². The molecular formula is C23H26N2O4S. The van der Waals surface area contributed by atoms with Crippen molar-refractivity contribution in [3.05, 3.63) is 65.7 Å². The van der Waals surface area contributed by atoms with Crippen molar-refractivity contribution in [3.8, 4) is 5.75 Å². The van der Waals surface area contributed by atoms with Crippen molar-refractivity contribution < 1.29 is 17.9 Å². The number of fused-ring (bicyclic) bond motifs is 1. The highest BCUT2D eigenvalue weighted by molar-refractivity contribution is 7.92. The fraction of sp³-hybridized carbons (Fsp3) is 0.261.